The molecule has 3 aromatic rings. The Morgan fingerprint density at radius 2 is 1.87 bits per heavy atom. The number of nitrogens with one attached hydrogen (secondary N) is 1. The Kier molecular flexibility index (Phi) is 6.64. The van der Waals surface area contributed by atoms with Crippen LogP contribution in [0.4, 0.5) is 0 Å². The topological polar surface area (TPSA) is 72.3 Å². The second-order valence-electron chi connectivity index (χ2n) is 7.52. The van der Waals surface area contributed by atoms with Crippen molar-refractivity contribution < 1.29 is 19.1 Å². The molecule has 31 heavy (non-hydrogen) atoms. The molecular formula is C24H27N3O4. The van der Waals surface area contributed by atoms with Crippen molar-refractivity contribution in [2.45, 2.75) is 6.42 Å². The van der Waals surface area contributed by atoms with Crippen LogP contribution in [0.1, 0.15) is 16.9 Å². The number of carbonyl (C=O) groups excluding carboxylic acids is 2. The Morgan fingerprint density at radius 3 is 2.61 bits per heavy atom. The highest BCUT2D eigenvalue weighted by Crippen LogP contribution is 2.29. The van der Waals surface area contributed by atoms with Crippen LogP contribution in [0.25, 0.3) is 16.6 Å². The molecule has 4 rings (SSSR count). The monoisotopic (exact) mass is 421 g/mol. The van der Waals surface area contributed by atoms with Crippen LogP contribution >= 0.6 is 0 Å². The summed E-state index contributed by atoms with van der Waals surface area (Å²) in [5, 5.41) is 2.79. The van der Waals surface area contributed by atoms with Gasteiger partial charge in [0.15, 0.2) is 0 Å². The van der Waals surface area contributed by atoms with E-state index in [1.807, 2.05) is 48.5 Å². The van der Waals surface area contributed by atoms with Crippen molar-refractivity contribution in [2.24, 2.45) is 0 Å². The van der Waals surface area contributed by atoms with Gasteiger partial charge in [-0.3, -0.25) is 14.5 Å². The number of benzene rings is 1. The molecule has 1 amide bonds. The van der Waals surface area contributed by atoms with Crippen molar-refractivity contribution in [3.05, 3.63) is 60.4 Å². The fraction of sp³-hybridized carbons (Fsp3) is 0.333. The van der Waals surface area contributed by atoms with Gasteiger partial charge in [0.05, 0.1) is 20.3 Å². The molecule has 2 aromatic heterocycles. The third-order valence-corrected chi connectivity index (χ3v) is 5.54. The van der Waals surface area contributed by atoms with E-state index in [0.717, 1.165) is 61.7 Å². The normalized spacial score (nSPS) is 14.5. The minimum absolute atomic E-state index is 0.367. The van der Waals surface area contributed by atoms with Gasteiger partial charge in [-0.15, -0.1) is 0 Å². The summed E-state index contributed by atoms with van der Waals surface area (Å²) in [6.45, 7) is 4.66. The highest BCUT2D eigenvalue weighted by atomic mass is 16.5. The minimum Gasteiger partial charge on any atom is -0.497 e. The van der Waals surface area contributed by atoms with Gasteiger partial charge in [-0.25, -0.2) is 0 Å². The number of aromatic nitrogens is 1. The van der Waals surface area contributed by atoms with Gasteiger partial charge in [0.25, 0.3) is 11.7 Å². The van der Waals surface area contributed by atoms with Crippen LogP contribution < -0.4 is 10.1 Å². The summed E-state index contributed by atoms with van der Waals surface area (Å²) in [7, 11) is 1.61. The third kappa shape index (κ3) is 4.78. The van der Waals surface area contributed by atoms with Crippen LogP contribution in [0, 0.1) is 0 Å². The molecule has 162 valence electrons. The number of ketones is 1. The summed E-state index contributed by atoms with van der Waals surface area (Å²) in [5.41, 5.74) is 2.80. The summed E-state index contributed by atoms with van der Waals surface area (Å²) in [5.74, 6) is -0.387. The van der Waals surface area contributed by atoms with Crippen molar-refractivity contribution in [3.63, 3.8) is 0 Å². The van der Waals surface area contributed by atoms with E-state index >= 15 is 0 Å². The molecule has 1 saturated heterocycles. The average molecular weight is 421 g/mol. The molecule has 0 radical (unpaired) electrons. The van der Waals surface area contributed by atoms with E-state index < -0.39 is 11.7 Å². The van der Waals surface area contributed by atoms with Crippen LogP contribution in [0.15, 0.2) is 54.7 Å². The largest absolute Gasteiger partial charge is 0.497 e. The fourth-order valence-electron chi connectivity index (χ4n) is 3.86. The zero-order valence-electron chi connectivity index (χ0n) is 17.7. The Morgan fingerprint density at radius 1 is 1.10 bits per heavy atom. The summed E-state index contributed by atoms with van der Waals surface area (Å²) in [6, 6.07) is 15.1. The number of nitrogens with zero attached hydrogens (tertiary/aromatic N) is 2. The van der Waals surface area contributed by atoms with E-state index in [1.54, 1.807) is 17.7 Å². The molecule has 0 aliphatic carbocycles. The van der Waals surface area contributed by atoms with Crippen molar-refractivity contribution in [3.8, 4) is 16.9 Å². The van der Waals surface area contributed by atoms with Crippen molar-refractivity contribution in [1.29, 1.82) is 0 Å². The Labute approximate surface area is 181 Å². The number of hydrogen-bond donors (Lipinski definition) is 1. The minimum atomic E-state index is -0.583. The molecule has 3 heterocycles. The van der Waals surface area contributed by atoms with Gasteiger partial charge in [0, 0.05) is 36.9 Å². The lowest BCUT2D eigenvalue weighted by Crippen LogP contribution is -2.39. The first-order valence-corrected chi connectivity index (χ1v) is 10.5. The van der Waals surface area contributed by atoms with Crippen LogP contribution in [0.3, 0.4) is 0 Å². The number of carbonyl (C=O) groups is 2. The van der Waals surface area contributed by atoms with E-state index in [2.05, 4.69) is 10.2 Å². The Balaban J connectivity index is 1.50. The van der Waals surface area contributed by atoms with Gasteiger partial charge in [0.1, 0.15) is 11.4 Å². The predicted octanol–water partition coefficient (Wildman–Crippen LogP) is 2.64. The number of ether oxygens (including phenoxy) is 2. The maximum atomic E-state index is 13.1. The predicted molar refractivity (Wildman–Crippen MR) is 119 cm³/mol. The standard InChI is InChI=1S/C24H27N3O4/c1-30-20-8-6-18(7-9-20)21-17-19-5-2-3-12-27(19)22(21)23(28)24(29)25-10-4-11-26-13-15-31-16-14-26/h2-3,5-9,12,17H,4,10-11,13-16H2,1H3,(H,25,29). The van der Waals surface area contributed by atoms with Crippen LogP contribution in [-0.2, 0) is 9.53 Å². The second-order valence-corrected chi connectivity index (χ2v) is 7.52. The molecule has 0 bridgehead atoms. The first-order valence-electron chi connectivity index (χ1n) is 10.5. The molecular weight excluding hydrogens is 394 g/mol. The van der Waals surface area contributed by atoms with E-state index in [-0.39, 0.29) is 0 Å². The molecule has 1 aliphatic rings. The molecule has 7 heteroatoms. The van der Waals surface area contributed by atoms with Gasteiger partial charge in [-0.1, -0.05) is 18.2 Å². The van der Waals surface area contributed by atoms with Crippen LogP contribution in [-0.4, -0.2) is 67.5 Å². The Bertz CT molecular complexity index is 1050. The SMILES string of the molecule is COc1ccc(-c2cc3ccccn3c2C(=O)C(=O)NCCCN2CCOCC2)cc1. The van der Waals surface area contributed by atoms with E-state index in [4.69, 9.17) is 9.47 Å². The number of pyridine rings is 1. The molecule has 0 unspecified atom stereocenters. The summed E-state index contributed by atoms with van der Waals surface area (Å²) in [6.07, 6.45) is 2.60. The lowest BCUT2D eigenvalue weighted by atomic mass is 10.0. The molecule has 1 aliphatic heterocycles. The smallest absolute Gasteiger partial charge is 0.294 e. The highest BCUT2D eigenvalue weighted by Gasteiger charge is 2.24. The number of hydrogen-bond acceptors (Lipinski definition) is 5. The van der Waals surface area contributed by atoms with Gasteiger partial charge in [0.2, 0.25) is 0 Å². The molecule has 1 N–H and O–H groups in total. The third-order valence-electron chi connectivity index (χ3n) is 5.54. The average Bonchev–Trinajstić information content (AvgIpc) is 3.21. The van der Waals surface area contributed by atoms with Crippen molar-refractivity contribution >= 4 is 17.2 Å². The molecule has 0 spiro atoms. The number of methoxy groups -OCH3 is 1. The molecule has 1 aromatic carbocycles. The molecule has 0 atom stereocenters. The van der Waals surface area contributed by atoms with E-state index in [1.165, 1.54) is 0 Å². The summed E-state index contributed by atoms with van der Waals surface area (Å²) < 4.78 is 12.4. The van der Waals surface area contributed by atoms with Crippen molar-refractivity contribution in [1.82, 2.24) is 14.6 Å². The van der Waals surface area contributed by atoms with E-state index in [9.17, 15) is 9.59 Å². The lowest BCUT2D eigenvalue weighted by Gasteiger charge is -2.26. The number of morpholine rings is 1. The maximum absolute atomic E-state index is 13.1. The number of rotatable bonds is 8. The lowest BCUT2D eigenvalue weighted by molar-refractivity contribution is -0.117. The zero-order valence-corrected chi connectivity index (χ0v) is 17.7. The number of Topliss-reactive ketones (excluding diaryl/α,β-unsaturated/α-hetero) is 1. The van der Waals surface area contributed by atoms with Crippen LogP contribution in [0.5, 0.6) is 5.75 Å². The molecule has 1 fully saturated rings. The molecule has 0 saturated carbocycles. The first kappa shape index (κ1) is 21.1. The molecule has 7 nitrogen and oxygen atoms in total. The van der Waals surface area contributed by atoms with Gasteiger partial charge >= 0.3 is 0 Å². The summed E-state index contributed by atoms with van der Waals surface area (Å²) in [4.78, 5) is 28.1. The second kappa shape index (κ2) is 9.76. The Hall–Kier alpha value is -3.16. The van der Waals surface area contributed by atoms with Gasteiger partial charge in [-0.2, -0.15) is 0 Å². The summed E-state index contributed by atoms with van der Waals surface area (Å²) >= 11 is 0. The van der Waals surface area contributed by atoms with Crippen LogP contribution in [0.2, 0.25) is 0 Å². The van der Waals surface area contributed by atoms with Crippen molar-refractivity contribution in [2.75, 3.05) is 46.5 Å². The fourth-order valence-corrected chi connectivity index (χ4v) is 3.86. The first-order chi connectivity index (χ1) is 15.2. The number of fused-ring (bicyclic) bond motifs is 1. The number of amides is 1. The van der Waals surface area contributed by atoms with Gasteiger partial charge < -0.3 is 19.2 Å². The maximum Gasteiger partial charge on any atom is 0.294 e. The zero-order chi connectivity index (χ0) is 21.6. The van der Waals surface area contributed by atoms with E-state index in [0.29, 0.717) is 12.2 Å². The van der Waals surface area contributed by atoms with Gasteiger partial charge in [-0.05, 0) is 48.9 Å². The quantitative estimate of drug-likeness (QED) is 0.344. The highest BCUT2D eigenvalue weighted by molar-refractivity contribution is 6.43.